The number of hydrogen-bond acceptors (Lipinski definition) is 5. The normalized spacial score (nSPS) is 24.6. The molecule has 9 heteroatoms. The number of rotatable bonds is 7. The van der Waals surface area contributed by atoms with E-state index in [2.05, 4.69) is 22.1 Å². The van der Waals surface area contributed by atoms with Gasteiger partial charge in [0.2, 0.25) is 11.8 Å². The van der Waals surface area contributed by atoms with E-state index < -0.39 is 5.92 Å². The van der Waals surface area contributed by atoms with Gasteiger partial charge in [0.05, 0.1) is 12.2 Å². The molecule has 3 aliphatic rings. The highest BCUT2D eigenvalue weighted by atomic mass is 19.3. The van der Waals surface area contributed by atoms with Gasteiger partial charge in [0.25, 0.3) is 5.92 Å². The number of aromatic nitrogens is 1. The van der Waals surface area contributed by atoms with E-state index in [-0.39, 0.29) is 48.0 Å². The Kier molecular flexibility index (Phi) is 7.27. The van der Waals surface area contributed by atoms with Crippen LogP contribution in [0.2, 0.25) is 0 Å². The highest BCUT2D eigenvalue weighted by Gasteiger charge is 2.42. The molecular formula is C27H39F2N5O2. The first kappa shape index (κ1) is 26.7. The molecule has 0 spiro atoms. The summed E-state index contributed by atoms with van der Waals surface area (Å²) >= 11 is 0. The quantitative estimate of drug-likeness (QED) is 0.618. The van der Waals surface area contributed by atoms with Crippen LogP contribution in [0, 0.1) is 0 Å². The van der Waals surface area contributed by atoms with E-state index in [0.717, 1.165) is 16.7 Å². The lowest BCUT2D eigenvalue weighted by Crippen LogP contribution is -2.61. The van der Waals surface area contributed by atoms with Crippen LogP contribution in [0.5, 0.6) is 0 Å². The Bertz CT molecular complexity index is 1070. The Hall–Kier alpha value is -2.39. The Morgan fingerprint density at radius 1 is 1.31 bits per heavy atom. The molecule has 1 saturated heterocycles. The molecule has 1 N–H and O–H groups in total. The van der Waals surface area contributed by atoms with Crippen molar-refractivity contribution in [2.75, 3.05) is 44.2 Å². The van der Waals surface area contributed by atoms with Crippen molar-refractivity contribution in [1.82, 2.24) is 20.1 Å². The molecule has 0 unspecified atom stereocenters. The van der Waals surface area contributed by atoms with Crippen molar-refractivity contribution in [1.29, 1.82) is 0 Å². The van der Waals surface area contributed by atoms with Crippen LogP contribution in [0.1, 0.15) is 65.6 Å². The van der Waals surface area contributed by atoms with Crippen molar-refractivity contribution in [3.8, 4) is 0 Å². The summed E-state index contributed by atoms with van der Waals surface area (Å²) in [4.78, 5) is 36.1. The number of amides is 2. The third kappa shape index (κ3) is 5.05. The van der Waals surface area contributed by atoms with Crippen molar-refractivity contribution in [2.45, 2.75) is 77.8 Å². The molecule has 1 fully saturated rings. The van der Waals surface area contributed by atoms with Crippen LogP contribution < -0.4 is 10.2 Å². The first-order valence-electron chi connectivity index (χ1n) is 13.0. The van der Waals surface area contributed by atoms with Gasteiger partial charge in [-0.25, -0.2) is 0 Å². The molecule has 2 atom stereocenters. The maximum absolute atomic E-state index is 14.7. The molecule has 1 aromatic rings. The highest BCUT2D eigenvalue weighted by molar-refractivity contribution is 5.98. The lowest BCUT2D eigenvalue weighted by molar-refractivity contribution is -0.126. The lowest BCUT2D eigenvalue weighted by Gasteiger charge is -2.41. The Morgan fingerprint density at radius 2 is 2.03 bits per heavy atom. The summed E-state index contributed by atoms with van der Waals surface area (Å²) in [7, 11) is 0. The molecular weight excluding hydrogens is 464 g/mol. The van der Waals surface area contributed by atoms with Crippen LogP contribution in [0.15, 0.2) is 23.4 Å². The second-order valence-corrected chi connectivity index (χ2v) is 11.4. The summed E-state index contributed by atoms with van der Waals surface area (Å²) in [6.07, 6.45) is 1.59. The average Bonchev–Trinajstić information content (AvgIpc) is 3.22. The summed E-state index contributed by atoms with van der Waals surface area (Å²) in [5.74, 6) is -3.09. The molecule has 36 heavy (non-hydrogen) atoms. The molecule has 0 bridgehead atoms. The van der Waals surface area contributed by atoms with E-state index in [0.29, 0.717) is 44.8 Å². The van der Waals surface area contributed by atoms with E-state index in [1.165, 1.54) is 12.3 Å². The number of nitrogens with zero attached hydrogens (tertiary/aromatic N) is 4. The van der Waals surface area contributed by atoms with E-state index in [9.17, 15) is 18.4 Å². The zero-order valence-electron chi connectivity index (χ0n) is 22.3. The van der Waals surface area contributed by atoms with Crippen LogP contribution in [-0.4, -0.2) is 78.0 Å². The predicted octanol–water partition coefficient (Wildman–Crippen LogP) is 3.44. The van der Waals surface area contributed by atoms with Crippen molar-refractivity contribution in [2.24, 2.45) is 0 Å². The number of anilines is 1. The Labute approximate surface area is 212 Å². The third-order valence-electron chi connectivity index (χ3n) is 7.87. The lowest BCUT2D eigenvalue weighted by atomic mass is 9.88. The number of fused-ring (bicyclic) bond motifs is 1. The van der Waals surface area contributed by atoms with Gasteiger partial charge < -0.3 is 15.1 Å². The third-order valence-corrected chi connectivity index (χ3v) is 7.87. The summed E-state index contributed by atoms with van der Waals surface area (Å²) in [6, 6.07) is 1.61. The van der Waals surface area contributed by atoms with E-state index in [4.69, 9.17) is 0 Å². The van der Waals surface area contributed by atoms with Crippen LogP contribution in [0.4, 0.5) is 14.5 Å². The number of alkyl halides is 2. The van der Waals surface area contributed by atoms with Gasteiger partial charge in [-0.1, -0.05) is 27.2 Å². The summed E-state index contributed by atoms with van der Waals surface area (Å²) in [6.45, 7) is 14.8. The van der Waals surface area contributed by atoms with Crippen molar-refractivity contribution < 1.29 is 18.4 Å². The van der Waals surface area contributed by atoms with Gasteiger partial charge in [0.1, 0.15) is 5.69 Å². The molecule has 3 aliphatic heterocycles. The first-order chi connectivity index (χ1) is 16.8. The minimum Gasteiger partial charge on any atom is -0.333 e. The molecule has 198 valence electrons. The minimum absolute atomic E-state index is 0.00947. The van der Waals surface area contributed by atoms with Crippen molar-refractivity contribution >= 4 is 17.5 Å². The van der Waals surface area contributed by atoms with Gasteiger partial charge in [0.15, 0.2) is 0 Å². The largest absolute Gasteiger partial charge is 0.333 e. The molecule has 0 aliphatic carbocycles. The zero-order valence-corrected chi connectivity index (χ0v) is 22.3. The number of piperazine rings is 1. The molecule has 2 amide bonds. The van der Waals surface area contributed by atoms with Crippen LogP contribution in [0.25, 0.3) is 0 Å². The Balaban J connectivity index is 1.54. The van der Waals surface area contributed by atoms with Gasteiger partial charge >= 0.3 is 0 Å². The smallest absolute Gasteiger partial charge is 0.289 e. The van der Waals surface area contributed by atoms with Gasteiger partial charge in [-0.3, -0.25) is 19.5 Å². The van der Waals surface area contributed by atoms with E-state index >= 15 is 0 Å². The zero-order chi connectivity index (χ0) is 26.4. The molecule has 0 aromatic carbocycles. The summed E-state index contributed by atoms with van der Waals surface area (Å²) in [5, 5.41) is 3.47. The first-order valence-corrected chi connectivity index (χ1v) is 13.0. The standard InChI is InChI=1S/C27H39F2N5O2/c1-7-8-27(28,29)23-9-22-21(11-31-23)26(5,6)16-34(22)24(35)15-32-13-18(3)30-10-20(32)14-33-12-17(2)19(4)25(33)36/h9,11,18,20,30H,7-8,10,12-16H2,1-6H3/t18-,20-/m1/s1. The molecule has 4 rings (SSSR count). The fourth-order valence-electron chi connectivity index (χ4n) is 5.58. The fourth-order valence-corrected chi connectivity index (χ4v) is 5.58. The fraction of sp³-hybridized carbons (Fsp3) is 0.667. The predicted molar refractivity (Wildman–Crippen MR) is 136 cm³/mol. The average molecular weight is 504 g/mol. The molecule has 0 saturated carbocycles. The maximum atomic E-state index is 14.7. The van der Waals surface area contributed by atoms with Gasteiger partial charge in [-0.15, -0.1) is 0 Å². The highest BCUT2D eigenvalue weighted by Crippen LogP contribution is 2.43. The SMILES string of the molecule is CCCC(F)(F)c1cc2c(cn1)C(C)(C)CN2C(=O)CN1C[C@@H](C)NC[C@@H]1CN1CC(C)=C(C)C1=O. The second kappa shape index (κ2) is 9.82. The second-order valence-electron chi connectivity index (χ2n) is 11.4. The number of halogens is 2. The Morgan fingerprint density at radius 3 is 2.67 bits per heavy atom. The number of carbonyl (C=O) groups is 2. The van der Waals surface area contributed by atoms with Crippen LogP contribution in [-0.2, 0) is 20.9 Å². The number of hydrogen-bond donors (Lipinski definition) is 1. The van der Waals surface area contributed by atoms with Gasteiger partial charge in [-0.2, -0.15) is 8.78 Å². The van der Waals surface area contributed by atoms with Crippen molar-refractivity contribution in [3.63, 3.8) is 0 Å². The minimum atomic E-state index is -3.03. The van der Waals surface area contributed by atoms with E-state index in [1.54, 1.807) is 11.8 Å². The van der Waals surface area contributed by atoms with Crippen molar-refractivity contribution in [3.05, 3.63) is 34.7 Å². The maximum Gasteiger partial charge on any atom is 0.289 e. The summed E-state index contributed by atoms with van der Waals surface area (Å²) in [5.41, 5.74) is 2.58. The van der Waals surface area contributed by atoms with Gasteiger partial charge in [-0.05, 0) is 32.4 Å². The number of pyridine rings is 1. The monoisotopic (exact) mass is 503 g/mol. The van der Waals surface area contributed by atoms with Crippen LogP contribution in [0.3, 0.4) is 0 Å². The summed E-state index contributed by atoms with van der Waals surface area (Å²) < 4.78 is 29.4. The number of carbonyl (C=O) groups excluding carboxylic acids is 2. The number of nitrogens with one attached hydrogen (secondary N) is 1. The van der Waals surface area contributed by atoms with E-state index in [1.807, 2.05) is 32.6 Å². The van der Waals surface area contributed by atoms with Crippen LogP contribution >= 0.6 is 0 Å². The topological polar surface area (TPSA) is 68.8 Å². The molecule has 4 heterocycles. The van der Waals surface area contributed by atoms with Gasteiger partial charge in [0, 0.05) is 74.0 Å². The molecule has 7 nitrogen and oxygen atoms in total. The molecule has 0 radical (unpaired) electrons. The molecule has 1 aromatic heterocycles.